The topological polar surface area (TPSA) is 49.3 Å². The van der Waals surface area contributed by atoms with Crippen LogP contribution in [0, 0.1) is 23.5 Å². The van der Waals surface area contributed by atoms with Gasteiger partial charge in [-0.1, -0.05) is 26.2 Å². The second kappa shape index (κ2) is 6.87. The molecule has 2 rings (SSSR count). The Morgan fingerprint density at radius 3 is 2.57 bits per heavy atom. The van der Waals surface area contributed by atoms with Crippen LogP contribution in [0.15, 0.2) is 12.1 Å². The van der Waals surface area contributed by atoms with Gasteiger partial charge >= 0.3 is 5.97 Å². The highest BCUT2D eigenvalue weighted by molar-refractivity contribution is 5.88. The number of carboxylic acid groups (broad SMARTS) is 1. The van der Waals surface area contributed by atoms with Crippen LogP contribution in [-0.2, 0) is 0 Å². The highest BCUT2D eigenvalue weighted by atomic mass is 19.1. The van der Waals surface area contributed by atoms with Crippen molar-refractivity contribution < 1.29 is 18.7 Å². The molecule has 1 aliphatic carbocycles. The average Bonchev–Trinajstić information content (AvgIpc) is 2.41. The van der Waals surface area contributed by atoms with E-state index in [2.05, 4.69) is 12.2 Å². The fourth-order valence-electron chi connectivity index (χ4n) is 3.09. The van der Waals surface area contributed by atoms with E-state index in [4.69, 9.17) is 5.11 Å². The van der Waals surface area contributed by atoms with Crippen molar-refractivity contribution in [1.29, 1.82) is 0 Å². The molecule has 116 valence electrons. The summed E-state index contributed by atoms with van der Waals surface area (Å²) in [6.45, 7) is 2.74. The lowest BCUT2D eigenvalue weighted by atomic mass is 9.81. The zero-order valence-corrected chi connectivity index (χ0v) is 12.2. The summed E-state index contributed by atoms with van der Waals surface area (Å²) < 4.78 is 27.5. The molecule has 0 radical (unpaired) electrons. The van der Waals surface area contributed by atoms with Crippen LogP contribution in [0.5, 0.6) is 0 Å². The van der Waals surface area contributed by atoms with Crippen molar-refractivity contribution in [2.24, 2.45) is 11.8 Å². The van der Waals surface area contributed by atoms with Crippen molar-refractivity contribution >= 4 is 11.7 Å². The standard InChI is InChI=1S/C16H21F2NO2/c1-10-3-2-4-11(7-10)5-6-19-15-13(17)8-12(16(20)21)9-14(15)18/h8-11,19H,2-7H2,1H3,(H,20,21). The number of carboxylic acids is 1. The van der Waals surface area contributed by atoms with Crippen LogP contribution < -0.4 is 5.32 Å². The Morgan fingerprint density at radius 1 is 1.33 bits per heavy atom. The smallest absolute Gasteiger partial charge is 0.335 e. The molecule has 21 heavy (non-hydrogen) atoms. The molecule has 0 saturated heterocycles. The maximum Gasteiger partial charge on any atom is 0.335 e. The molecule has 2 atom stereocenters. The monoisotopic (exact) mass is 297 g/mol. The van der Waals surface area contributed by atoms with Crippen LogP contribution in [0.4, 0.5) is 14.5 Å². The van der Waals surface area contributed by atoms with E-state index in [0.717, 1.165) is 24.5 Å². The van der Waals surface area contributed by atoms with Gasteiger partial charge in [-0.15, -0.1) is 0 Å². The molecule has 0 heterocycles. The molecule has 0 spiro atoms. The average molecular weight is 297 g/mol. The SMILES string of the molecule is CC1CCCC(CCNc2c(F)cc(C(=O)O)cc2F)C1. The Kier molecular flexibility index (Phi) is 5.15. The highest BCUT2D eigenvalue weighted by Crippen LogP contribution is 2.31. The fourth-order valence-corrected chi connectivity index (χ4v) is 3.09. The van der Waals surface area contributed by atoms with Gasteiger partial charge in [0, 0.05) is 6.54 Å². The Balaban J connectivity index is 1.92. The molecule has 5 heteroatoms. The zero-order chi connectivity index (χ0) is 15.4. The van der Waals surface area contributed by atoms with Gasteiger partial charge in [-0.25, -0.2) is 13.6 Å². The van der Waals surface area contributed by atoms with Gasteiger partial charge in [-0.2, -0.15) is 0 Å². The van der Waals surface area contributed by atoms with Gasteiger partial charge in [0.2, 0.25) is 0 Å². The fraction of sp³-hybridized carbons (Fsp3) is 0.562. The molecule has 1 saturated carbocycles. The number of hydrogen-bond donors (Lipinski definition) is 2. The first-order valence-corrected chi connectivity index (χ1v) is 7.43. The zero-order valence-electron chi connectivity index (χ0n) is 12.2. The lowest BCUT2D eigenvalue weighted by Gasteiger charge is -2.26. The predicted octanol–water partition coefficient (Wildman–Crippen LogP) is 4.29. The summed E-state index contributed by atoms with van der Waals surface area (Å²) in [6.07, 6.45) is 5.72. The number of hydrogen-bond acceptors (Lipinski definition) is 2. The first-order valence-electron chi connectivity index (χ1n) is 7.43. The Labute approximate surface area is 123 Å². The Bertz CT molecular complexity index is 496. The largest absolute Gasteiger partial charge is 0.478 e. The van der Waals surface area contributed by atoms with Crippen molar-refractivity contribution in [1.82, 2.24) is 0 Å². The molecule has 1 aromatic carbocycles. The number of benzene rings is 1. The third-order valence-electron chi connectivity index (χ3n) is 4.19. The van der Waals surface area contributed by atoms with E-state index in [0.29, 0.717) is 12.5 Å². The van der Waals surface area contributed by atoms with Crippen LogP contribution in [-0.4, -0.2) is 17.6 Å². The van der Waals surface area contributed by atoms with Gasteiger partial charge in [0.25, 0.3) is 0 Å². The summed E-state index contributed by atoms with van der Waals surface area (Å²) in [4.78, 5) is 10.7. The summed E-state index contributed by atoms with van der Waals surface area (Å²) in [5.41, 5.74) is -0.611. The molecule has 1 fully saturated rings. The first-order chi connectivity index (χ1) is 9.97. The van der Waals surface area contributed by atoms with Gasteiger partial charge in [-0.3, -0.25) is 0 Å². The number of halogens is 2. The van der Waals surface area contributed by atoms with Gasteiger partial charge in [-0.05, 0) is 36.8 Å². The molecule has 2 N–H and O–H groups in total. The number of aromatic carboxylic acids is 1. The van der Waals surface area contributed by atoms with Crippen molar-refractivity contribution in [2.75, 3.05) is 11.9 Å². The van der Waals surface area contributed by atoms with Crippen LogP contribution in [0.2, 0.25) is 0 Å². The molecule has 1 aliphatic rings. The van der Waals surface area contributed by atoms with Crippen molar-refractivity contribution in [2.45, 2.75) is 39.0 Å². The van der Waals surface area contributed by atoms with E-state index >= 15 is 0 Å². The van der Waals surface area contributed by atoms with E-state index in [1.807, 2.05) is 0 Å². The second-order valence-corrected chi connectivity index (χ2v) is 5.97. The van der Waals surface area contributed by atoms with Crippen molar-refractivity contribution in [3.8, 4) is 0 Å². The first kappa shape index (κ1) is 15.7. The molecule has 1 aromatic rings. The van der Waals surface area contributed by atoms with Crippen LogP contribution >= 0.6 is 0 Å². The molecular weight excluding hydrogens is 276 g/mol. The summed E-state index contributed by atoms with van der Waals surface area (Å²) in [6, 6.07) is 1.69. The lowest BCUT2D eigenvalue weighted by Crippen LogP contribution is -2.17. The second-order valence-electron chi connectivity index (χ2n) is 5.97. The molecule has 0 aliphatic heterocycles. The molecule has 0 bridgehead atoms. The summed E-state index contributed by atoms with van der Waals surface area (Å²) in [5, 5.41) is 11.5. The van der Waals surface area contributed by atoms with Gasteiger partial charge in [0.15, 0.2) is 0 Å². The predicted molar refractivity (Wildman–Crippen MR) is 77.5 cm³/mol. The molecule has 2 unspecified atom stereocenters. The summed E-state index contributed by atoms with van der Waals surface area (Å²) in [7, 11) is 0. The molecule has 0 aromatic heterocycles. The van der Waals surface area contributed by atoms with Crippen LogP contribution in [0.25, 0.3) is 0 Å². The van der Waals surface area contributed by atoms with Crippen LogP contribution in [0.1, 0.15) is 49.4 Å². The number of carbonyl (C=O) groups is 1. The minimum absolute atomic E-state index is 0.233. The third-order valence-corrected chi connectivity index (χ3v) is 4.19. The summed E-state index contributed by atoms with van der Waals surface area (Å²) in [5.74, 6) is -1.72. The lowest BCUT2D eigenvalue weighted by molar-refractivity contribution is 0.0696. The quantitative estimate of drug-likeness (QED) is 0.852. The molecule has 0 amide bonds. The van der Waals surface area contributed by atoms with E-state index in [1.54, 1.807) is 0 Å². The van der Waals surface area contributed by atoms with E-state index in [1.165, 1.54) is 25.7 Å². The van der Waals surface area contributed by atoms with Gasteiger partial charge < -0.3 is 10.4 Å². The van der Waals surface area contributed by atoms with E-state index < -0.39 is 17.6 Å². The van der Waals surface area contributed by atoms with Crippen molar-refractivity contribution in [3.63, 3.8) is 0 Å². The van der Waals surface area contributed by atoms with Crippen molar-refractivity contribution in [3.05, 3.63) is 29.3 Å². The van der Waals surface area contributed by atoms with Gasteiger partial charge in [0.05, 0.1) is 5.56 Å². The number of nitrogens with one attached hydrogen (secondary N) is 1. The number of anilines is 1. The highest BCUT2D eigenvalue weighted by Gasteiger charge is 2.19. The Hall–Kier alpha value is -1.65. The third kappa shape index (κ3) is 4.16. The maximum atomic E-state index is 13.7. The van der Waals surface area contributed by atoms with Crippen LogP contribution in [0.3, 0.4) is 0 Å². The Morgan fingerprint density at radius 2 is 2.00 bits per heavy atom. The number of rotatable bonds is 5. The molecule has 3 nitrogen and oxygen atoms in total. The van der Waals surface area contributed by atoms with E-state index in [-0.39, 0.29) is 11.3 Å². The van der Waals surface area contributed by atoms with Gasteiger partial charge in [0.1, 0.15) is 17.3 Å². The minimum atomic E-state index is -1.34. The molecular formula is C16H21F2NO2. The summed E-state index contributed by atoms with van der Waals surface area (Å²) >= 11 is 0. The minimum Gasteiger partial charge on any atom is -0.478 e. The van der Waals surface area contributed by atoms with E-state index in [9.17, 15) is 13.6 Å². The maximum absolute atomic E-state index is 13.7. The normalized spacial score (nSPS) is 22.0.